The second kappa shape index (κ2) is 5.67. The zero-order valence-corrected chi connectivity index (χ0v) is 12.7. The van der Waals surface area contributed by atoms with Gasteiger partial charge in [-0.25, -0.2) is 0 Å². The van der Waals surface area contributed by atoms with E-state index in [1.165, 1.54) is 70.9 Å². The monoisotopic (exact) mass is 279 g/mol. The molecule has 114 valence electrons. The summed E-state index contributed by atoms with van der Waals surface area (Å²) >= 11 is 0. The van der Waals surface area contributed by atoms with E-state index in [-0.39, 0.29) is 5.54 Å². The van der Waals surface area contributed by atoms with Crippen LogP contribution in [-0.2, 0) is 4.79 Å². The summed E-state index contributed by atoms with van der Waals surface area (Å²) in [6.07, 6.45) is 14.7. The zero-order valence-electron chi connectivity index (χ0n) is 12.7. The number of likely N-dealkylation sites (tertiary alicyclic amines) is 1. The minimum atomic E-state index is -0.603. The van der Waals surface area contributed by atoms with E-state index >= 15 is 0 Å². The molecule has 3 aliphatic rings. The van der Waals surface area contributed by atoms with Crippen LogP contribution in [0.15, 0.2) is 0 Å². The third kappa shape index (κ3) is 2.74. The Labute approximate surface area is 122 Å². The van der Waals surface area contributed by atoms with Crippen LogP contribution in [0.4, 0.5) is 0 Å². The van der Waals surface area contributed by atoms with Crippen molar-refractivity contribution in [3.8, 4) is 0 Å². The Hall–Kier alpha value is -0.570. The lowest BCUT2D eigenvalue weighted by molar-refractivity contribution is -0.149. The highest BCUT2D eigenvalue weighted by atomic mass is 16.4. The van der Waals surface area contributed by atoms with Crippen LogP contribution in [-0.4, -0.2) is 34.6 Å². The minimum absolute atomic E-state index is 0.00162. The van der Waals surface area contributed by atoms with Crippen LogP contribution < -0.4 is 0 Å². The zero-order chi connectivity index (χ0) is 14.1. The Kier molecular flexibility index (Phi) is 4.07. The van der Waals surface area contributed by atoms with Crippen molar-refractivity contribution in [1.82, 2.24) is 4.90 Å². The third-order valence-corrected chi connectivity index (χ3v) is 6.15. The topological polar surface area (TPSA) is 40.5 Å². The highest BCUT2D eigenvalue weighted by molar-refractivity contribution is 5.68. The summed E-state index contributed by atoms with van der Waals surface area (Å²) in [4.78, 5) is 13.9. The van der Waals surface area contributed by atoms with Gasteiger partial charge in [0.1, 0.15) is 0 Å². The molecule has 0 aromatic rings. The van der Waals surface area contributed by atoms with Crippen molar-refractivity contribution in [3.05, 3.63) is 0 Å². The Morgan fingerprint density at radius 1 is 0.850 bits per heavy atom. The van der Waals surface area contributed by atoms with Crippen molar-refractivity contribution in [2.45, 2.75) is 82.6 Å². The number of carbonyl (C=O) groups is 1. The molecule has 0 radical (unpaired) electrons. The lowest BCUT2D eigenvalue weighted by Gasteiger charge is -2.59. The molecule has 1 aliphatic heterocycles. The number of aliphatic carboxylic acids is 1. The van der Waals surface area contributed by atoms with E-state index in [1.807, 2.05) is 0 Å². The van der Waals surface area contributed by atoms with Gasteiger partial charge in [-0.1, -0.05) is 44.9 Å². The minimum Gasteiger partial charge on any atom is -0.481 e. The summed E-state index contributed by atoms with van der Waals surface area (Å²) in [6.45, 7) is 2.36. The summed E-state index contributed by atoms with van der Waals surface area (Å²) in [5, 5.41) is 9.32. The van der Waals surface area contributed by atoms with Gasteiger partial charge in [0.15, 0.2) is 0 Å². The predicted octanol–water partition coefficient (Wildman–Crippen LogP) is 3.82. The van der Waals surface area contributed by atoms with Crippen molar-refractivity contribution in [2.24, 2.45) is 5.41 Å². The van der Waals surface area contributed by atoms with Gasteiger partial charge in [-0.2, -0.15) is 0 Å². The first-order chi connectivity index (χ1) is 9.64. The smallest absolute Gasteiger partial charge is 0.305 e. The van der Waals surface area contributed by atoms with Gasteiger partial charge in [0, 0.05) is 18.6 Å². The number of nitrogens with zero attached hydrogens (tertiary/aromatic N) is 1. The van der Waals surface area contributed by atoms with Crippen LogP contribution in [0.25, 0.3) is 0 Å². The van der Waals surface area contributed by atoms with Gasteiger partial charge in [-0.05, 0) is 31.1 Å². The first kappa shape index (κ1) is 14.4. The average Bonchev–Trinajstić information content (AvgIpc) is 2.63. The molecule has 3 heteroatoms. The molecule has 2 saturated carbocycles. The lowest BCUT2D eigenvalue weighted by Crippen LogP contribution is -2.66. The fraction of sp³-hybridized carbons (Fsp3) is 0.941. The summed E-state index contributed by atoms with van der Waals surface area (Å²) in [5.41, 5.74) is 0.557. The van der Waals surface area contributed by atoms with Crippen molar-refractivity contribution in [2.75, 3.05) is 13.1 Å². The number of carboxylic acids is 1. The molecule has 0 aromatic carbocycles. The largest absolute Gasteiger partial charge is 0.481 e. The Morgan fingerprint density at radius 3 is 1.90 bits per heavy atom. The van der Waals surface area contributed by atoms with Gasteiger partial charge < -0.3 is 5.11 Å². The molecule has 3 rings (SSSR count). The normalized spacial score (nSPS) is 29.6. The molecule has 0 unspecified atom stereocenters. The van der Waals surface area contributed by atoms with E-state index in [2.05, 4.69) is 4.90 Å². The first-order valence-corrected chi connectivity index (χ1v) is 8.61. The number of rotatable bonds is 3. The maximum atomic E-state index is 11.3. The predicted molar refractivity (Wildman–Crippen MR) is 79.8 cm³/mol. The van der Waals surface area contributed by atoms with Crippen molar-refractivity contribution < 1.29 is 9.90 Å². The summed E-state index contributed by atoms with van der Waals surface area (Å²) < 4.78 is 0. The molecule has 0 atom stereocenters. The van der Waals surface area contributed by atoms with E-state index in [4.69, 9.17) is 0 Å². The van der Waals surface area contributed by atoms with E-state index in [9.17, 15) is 9.90 Å². The SMILES string of the molecule is O=C(O)CC1(N2CC3(CCCCCC3)C2)CCCCC1. The van der Waals surface area contributed by atoms with Crippen LogP contribution in [0.1, 0.15) is 77.0 Å². The van der Waals surface area contributed by atoms with Gasteiger partial charge in [0.25, 0.3) is 0 Å². The average molecular weight is 279 g/mol. The third-order valence-electron chi connectivity index (χ3n) is 6.15. The number of hydrogen-bond donors (Lipinski definition) is 1. The molecule has 1 saturated heterocycles. The Balaban J connectivity index is 1.66. The van der Waals surface area contributed by atoms with E-state index in [1.54, 1.807) is 0 Å². The fourth-order valence-corrected chi connectivity index (χ4v) is 4.99. The quantitative estimate of drug-likeness (QED) is 0.853. The maximum Gasteiger partial charge on any atom is 0.305 e. The molecule has 1 heterocycles. The van der Waals surface area contributed by atoms with E-state index in [0.29, 0.717) is 11.8 Å². The van der Waals surface area contributed by atoms with Crippen molar-refractivity contribution in [3.63, 3.8) is 0 Å². The molecule has 3 nitrogen and oxygen atoms in total. The second-order valence-corrected chi connectivity index (χ2v) is 7.63. The molecule has 0 bridgehead atoms. The fourth-order valence-electron chi connectivity index (χ4n) is 4.99. The molecular weight excluding hydrogens is 250 g/mol. The Morgan fingerprint density at radius 2 is 1.35 bits per heavy atom. The van der Waals surface area contributed by atoms with E-state index in [0.717, 1.165) is 12.8 Å². The molecule has 1 N–H and O–H groups in total. The standard InChI is InChI=1S/C17H29NO2/c19-15(20)12-17(10-6-3-7-11-17)18-13-16(14-18)8-4-1-2-5-9-16/h1-14H2,(H,19,20). The number of carboxylic acid groups (broad SMARTS) is 1. The van der Waals surface area contributed by atoms with Gasteiger partial charge in [0.05, 0.1) is 6.42 Å². The van der Waals surface area contributed by atoms with Crippen molar-refractivity contribution in [1.29, 1.82) is 0 Å². The maximum absolute atomic E-state index is 11.3. The van der Waals surface area contributed by atoms with E-state index < -0.39 is 5.97 Å². The van der Waals surface area contributed by atoms with Gasteiger partial charge in [0.2, 0.25) is 0 Å². The highest BCUT2D eigenvalue weighted by Gasteiger charge is 2.51. The number of hydrogen-bond acceptors (Lipinski definition) is 2. The molecular formula is C17H29NO2. The van der Waals surface area contributed by atoms with Crippen LogP contribution in [0.3, 0.4) is 0 Å². The molecule has 2 aliphatic carbocycles. The van der Waals surface area contributed by atoms with Crippen LogP contribution >= 0.6 is 0 Å². The van der Waals surface area contributed by atoms with Gasteiger partial charge in [-0.15, -0.1) is 0 Å². The van der Waals surface area contributed by atoms with Crippen LogP contribution in [0.2, 0.25) is 0 Å². The van der Waals surface area contributed by atoms with Crippen LogP contribution in [0, 0.1) is 5.41 Å². The van der Waals surface area contributed by atoms with Crippen LogP contribution in [0.5, 0.6) is 0 Å². The molecule has 1 spiro atoms. The summed E-state index contributed by atoms with van der Waals surface area (Å²) in [7, 11) is 0. The molecule has 0 amide bonds. The second-order valence-electron chi connectivity index (χ2n) is 7.63. The molecule has 0 aromatic heterocycles. The Bertz CT molecular complexity index is 344. The first-order valence-electron chi connectivity index (χ1n) is 8.61. The lowest BCUT2D eigenvalue weighted by atomic mass is 9.67. The van der Waals surface area contributed by atoms with Gasteiger partial charge in [-0.3, -0.25) is 9.69 Å². The summed E-state index contributed by atoms with van der Waals surface area (Å²) in [6, 6.07) is 0. The summed E-state index contributed by atoms with van der Waals surface area (Å²) in [5.74, 6) is -0.603. The molecule has 20 heavy (non-hydrogen) atoms. The van der Waals surface area contributed by atoms with Crippen molar-refractivity contribution >= 4 is 5.97 Å². The van der Waals surface area contributed by atoms with Gasteiger partial charge >= 0.3 is 5.97 Å². The molecule has 3 fully saturated rings. The highest BCUT2D eigenvalue weighted by Crippen LogP contribution is 2.49.